The summed E-state index contributed by atoms with van der Waals surface area (Å²) in [7, 11) is 0. The number of hydrogen-bond acceptors (Lipinski definition) is 3. The zero-order valence-corrected chi connectivity index (χ0v) is 8.66. The van der Waals surface area contributed by atoms with Crippen molar-refractivity contribution in [2.75, 3.05) is 19.6 Å². The molecule has 0 radical (unpaired) electrons. The lowest BCUT2D eigenvalue weighted by Crippen LogP contribution is -2.34. The fraction of sp³-hybridized carbons (Fsp3) is 0.364. The molecule has 0 aliphatic heterocycles. The van der Waals surface area contributed by atoms with Crippen LogP contribution < -0.4 is 10.6 Å². The minimum absolute atomic E-state index is 0.0107. The SMILES string of the molecule is C=CCNCC(=O)NCCc1ccco1. The second kappa shape index (κ2) is 6.84. The number of hydrogen-bond donors (Lipinski definition) is 2. The van der Waals surface area contributed by atoms with Crippen molar-refractivity contribution in [1.29, 1.82) is 0 Å². The fourth-order valence-corrected chi connectivity index (χ4v) is 1.13. The van der Waals surface area contributed by atoms with Gasteiger partial charge in [0.15, 0.2) is 0 Å². The van der Waals surface area contributed by atoms with E-state index in [1.807, 2.05) is 12.1 Å². The molecule has 1 amide bonds. The lowest BCUT2D eigenvalue weighted by molar-refractivity contribution is -0.120. The average molecular weight is 208 g/mol. The summed E-state index contributed by atoms with van der Waals surface area (Å²) in [4.78, 5) is 11.2. The largest absolute Gasteiger partial charge is 0.469 e. The van der Waals surface area contributed by atoms with Gasteiger partial charge in [0.1, 0.15) is 5.76 Å². The summed E-state index contributed by atoms with van der Waals surface area (Å²) in [5.74, 6) is 0.873. The molecule has 4 heteroatoms. The van der Waals surface area contributed by atoms with Gasteiger partial charge in [-0.05, 0) is 12.1 Å². The summed E-state index contributed by atoms with van der Waals surface area (Å²) >= 11 is 0. The molecule has 0 bridgehead atoms. The number of rotatable bonds is 7. The molecule has 0 aliphatic carbocycles. The van der Waals surface area contributed by atoms with Crippen LogP contribution in [0.4, 0.5) is 0 Å². The molecule has 0 aromatic carbocycles. The third kappa shape index (κ3) is 5.02. The Balaban J connectivity index is 2.04. The predicted octanol–water partition coefficient (Wildman–Crippen LogP) is 0.714. The quantitative estimate of drug-likeness (QED) is 0.512. The normalized spacial score (nSPS) is 9.87. The molecule has 1 rings (SSSR count). The summed E-state index contributed by atoms with van der Waals surface area (Å²) in [5.41, 5.74) is 0. The zero-order valence-electron chi connectivity index (χ0n) is 8.66. The van der Waals surface area contributed by atoms with Gasteiger partial charge in [0, 0.05) is 19.5 Å². The molecule has 1 heterocycles. The van der Waals surface area contributed by atoms with E-state index in [0.717, 1.165) is 12.2 Å². The first-order valence-electron chi connectivity index (χ1n) is 4.93. The van der Waals surface area contributed by atoms with E-state index in [1.54, 1.807) is 12.3 Å². The van der Waals surface area contributed by atoms with Gasteiger partial charge in [0.2, 0.25) is 5.91 Å². The maximum atomic E-state index is 11.2. The van der Waals surface area contributed by atoms with E-state index in [2.05, 4.69) is 17.2 Å². The monoisotopic (exact) mass is 208 g/mol. The van der Waals surface area contributed by atoms with Crippen LogP contribution in [-0.4, -0.2) is 25.5 Å². The Kier molecular flexibility index (Phi) is 5.25. The Labute approximate surface area is 89.4 Å². The van der Waals surface area contributed by atoms with Crippen LogP contribution in [0, 0.1) is 0 Å². The van der Waals surface area contributed by atoms with Gasteiger partial charge in [-0.3, -0.25) is 4.79 Å². The van der Waals surface area contributed by atoms with E-state index in [9.17, 15) is 4.79 Å². The van der Waals surface area contributed by atoms with Crippen LogP contribution in [0.15, 0.2) is 35.5 Å². The van der Waals surface area contributed by atoms with Crippen LogP contribution in [0.5, 0.6) is 0 Å². The average Bonchev–Trinajstić information content (AvgIpc) is 2.71. The second-order valence-electron chi connectivity index (χ2n) is 3.10. The molecule has 0 aliphatic rings. The van der Waals surface area contributed by atoms with E-state index in [-0.39, 0.29) is 5.91 Å². The third-order valence-corrected chi connectivity index (χ3v) is 1.85. The Morgan fingerprint density at radius 2 is 2.47 bits per heavy atom. The maximum absolute atomic E-state index is 11.2. The van der Waals surface area contributed by atoms with Crippen molar-refractivity contribution in [2.24, 2.45) is 0 Å². The Hall–Kier alpha value is -1.55. The van der Waals surface area contributed by atoms with Crippen LogP contribution in [0.2, 0.25) is 0 Å². The molecule has 0 saturated heterocycles. The lowest BCUT2D eigenvalue weighted by Gasteiger charge is -2.03. The Morgan fingerprint density at radius 3 is 3.13 bits per heavy atom. The topological polar surface area (TPSA) is 54.3 Å². The molecule has 0 unspecified atom stereocenters. The van der Waals surface area contributed by atoms with E-state index < -0.39 is 0 Å². The smallest absolute Gasteiger partial charge is 0.233 e. The molecular formula is C11H16N2O2. The first-order chi connectivity index (χ1) is 7.33. The third-order valence-electron chi connectivity index (χ3n) is 1.85. The summed E-state index contributed by atoms with van der Waals surface area (Å²) in [5, 5.41) is 5.71. The number of carbonyl (C=O) groups is 1. The molecule has 2 N–H and O–H groups in total. The molecule has 82 valence electrons. The summed E-state index contributed by atoms with van der Waals surface area (Å²) < 4.78 is 5.13. The van der Waals surface area contributed by atoms with Gasteiger partial charge < -0.3 is 15.1 Å². The standard InChI is InChI=1S/C11H16N2O2/c1-2-6-12-9-11(14)13-7-5-10-4-3-8-15-10/h2-4,8,12H,1,5-7,9H2,(H,13,14). The van der Waals surface area contributed by atoms with Crippen LogP contribution in [-0.2, 0) is 11.2 Å². The van der Waals surface area contributed by atoms with Crippen molar-refractivity contribution in [1.82, 2.24) is 10.6 Å². The van der Waals surface area contributed by atoms with Gasteiger partial charge in [-0.1, -0.05) is 6.08 Å². The zero-order chi connectivity index (χ0) is 10.9. The van der Waals surface area contributed by atoms with Crippen molar-refractivity contribution in [3.05, 3.63) is 36.8 Å². The van der Waals surface area contributed by atoms with Crippen LogP contribution in [0.25, 0.3) is 0 Å². The highest BCUT2D eigenvalue weighted by molar-refractivity contribution is 5.77. The van der Waals surface area contributed by atoms with E-state index in [4.69, 9.17) is 4.42 Å². The minimum atomic E-state index is -0.0107. The first kappa shape index (κ1) is 11.5. The summed E-state index contributed by atoms with van der Waals surface area (Å²) in [6.45, 7) is 5.11. The molecule has 0 atom stereocenters. The molecule has 15 heavy (non-hydrogen) atoms. The molecular weight excluding hydrogens is 192 g/mol. The van der Waals surface area contributed by atoms with Gasteiger partial charge in [0.25, 0.3) is 0 Å². The highest BCUT2D eigenvalue weighted by Gasteiger charge is 2.00. The van der Waals surface area contributed by atoms with Crippen LogP contribution in [0.3, 0.4) is 0 Å². The van der Waals surface area contributed by atoms with Crippen molar-refractivity contribution in [3.8, 4) is 0 Å². The number of nitrogens with one attached hydrogen (secondary N) is 2. The van der Waals surface area contributed by atoms with Crippen LogP contribution >= 0.6 is 0 Å². The van der Waals surface area contributed by atoms with Crippen molar-refractivity contribution in [3.63, 3.8) is 0 Å². The molecule has 0 spiro atoms. The second-order valence-corrected chi connectivity index (χ2v) is 3.10. The van der Waals surface area contributed by atoms with E-state index in [0.29, 0.717) is 19.6 Å². The first-order valence-corrected chi connectivity index (χ1v) is 4.93. The van der Waals surface area contributed by atoms with Crippen molar-refractivity contribution < 1.29 is 9.21 Å². The molecule has 0 fully saturated rings. The van der Waals surface area contributed by atoms with E-state index in [1.165, 1.54) is 0 Å². The van der Waals surface area contributed by atoms with Crippen LogP contribution in [0.1, 0.15) is 5.76 Å². The van der Waals surface area contributed by atoms with Crippen molar-refractivity contribution in [2.45, 2.75) is 6.42 Å². The molecule has 1 aromatic rings. The maximum Gasteiger partial charge on any atom is 0.233 e. The van der Waals surface area contributed by atoms with Gasteiger partial charge in [-0.2, -0.15) is 0 Å². The summed E-state index contributed by atoms with van der Waals surface area (Å²) in [6, 6.07) is 3.73. The van der Waals surface area contributed by atoms with Gasteiger partial charge >= 0.3 is 0 Å². The minimum Gasteiger partial charge on any atom is -0.469 e. The predicted molar refractivity (Wildman–Crippen MR) is 58.5 cm³/mol. The van der Waals surface area contributed by atoms with E-state index >= 15 is 0 Å². The lowest BCUT2D eigenvalue weighted by atomic mass is 10.3. The van der Waals surface area contributed by atoms with Gasteiger partial charge in [-0.15, -0.1) is 6.58 Å². The molecule has 4 nitrogen and oxygen atoms in total. The number of amides is 1. The molecule has 0 saturated carbocycles. The van der Waals surface area contributed by atoms with Gasteiger partial charge in [-0.25, -0.2) is 0 Å². The Morgan fingerprint density at radius 1 is 1.60 bits per heavy atom. The summed E-state index contributed by atoms with van der Waals surface area (Å²) in [6.07, 6.45) is 4.07. The van der Waals surface area contributed by atoms with Crippen molar-refractivity contribution >= 4 is 5.91 Å². The highest BCUT2D eigenvalue weighted by atomic mass is 16.3. The number of furan rings is 1. The highest BCUT2D eigenvalue weighted by Crippen LogP contribution is 1.99. The Bertz CT molecular complexity index is 294. The molecule has 1 aromatic heterocycles. The van der Waals surface area contributed by atoms with Gasteiger partial charge in [0.05, 0.1) is 12.8 Å². The number of carbonyl (C=O) groups excluding carboxylic acids is 1. The fourth-order valence-electron chi connectivity index (χ4n) is 1.13.